The molecule has 0 saturated heterocycles. The molecule has 1 atom stereocenters. The predicted octanol–water partition coefficient (Wildman–Crippen LogP) is 3.03. The molecule has 2 aromatic rings. The maximum absolute atomic E-state index is 6.36. The monoisotopic (exact) mass is 353 g/mol. The maximum Gasteiger partial charge on any atom is 0.161 e. The largest absolute Gasteiger partial charge is 0.490 e. The highest BCUT2D eigenvalue weighted by Crippen LogP contribution is 2.33. The van der Waals surface area contributed by atoms with Gasteiger partial charge >= 0.3 is 0 Å². The number of benzene rings is 1. The lowest BCUT2D eigenvalue weighted by molar-refractivity contribution is 0.287. The highest BCUT2D eigenvalue weighted by atomic mass is 79.9. The number of hydrogen-bond donors (Lipinski definition) is 1. The fraction of sp³-hybridized carbons (Fsp3) is 0.400. The number of nitrogens with two attached hydrogens (primary N) is 1. The van der Waals surface area contributed by atoms with Crippen molar-refractivity contribution in [3.63, 3.8) is 0 Å². The second kappa shape index (κ2) is 6.95. The Balaban J connectivity index is 2.37. The summed E-state index contributed by atoms with van der Waals surface area (Å²) in [4.78, 5) is 0. The maximum atomic E-state index is 6.36. The molecule has 114 valence electrons. The quantitative estimate of drug-likeness (QED) is 0.866. The number of nitrogens with zero attached hydrogens (tertiary/aromatic N) is 2. The number of halogens is 1. The van der Waals surface area contributed by atoms with E-state index in [1.807, 2.05) is 39.1 Å². The van der Waals surface area contributed by atoms with Crippen LogP contribution >= 0.6 is 15.9 Å². The number of ether oxygens (including phenoxy) is 2. The van der Waals surface area contributed by atoms with E-state index in [0.29, 0.717) is 19.0 Å². The Kier molecular flexibility index (Phi) is 5.25. The molecule has 0 radical (unpaired) electrons. The molecule has 5 nitrogen and oxygen atoms in total. The Hall–Kier alpha value is -1.53. The fourth-order valence-electron chi connectivity index (χ4n) is 2.19. The lowest BCUT2D eigenvalue weighted by Gasteiger charge is -2.17. The van der Waals surface area contributed by atoms with Crippen molar-refractivity contribution < 1.29 is 9.47 Å². The normalized spacial score (nSPS) is 12.2. The number of aryl methyl sites for hydroxylation is 1. The Bertz CT molecular complexity index is 593. The summed E-state index contributed by atoms with van der Waals surface area (Å²) in [5, 5.41) is 4.20. The van der Waals surface area contributed by atoms with E-state index in [1.54, 1.807) is 10.9 Å². The second-order valence-electron chi connectivity index (χ2n) is 4.55. The molecule has 0 bridgehead atoms. The molecule has 0 aliphatic rings. The molecule has 0 amide bonds. The average molecular weight is 354 g/mol. The fourth-order valence-corrected chi connectivity index (χ4v) is 2.78. The van der Waals surface area contributed by atoms with Crippen LogP contribution in [0.15, 0.2) is 28.9 Å². The van der Waals surface area contributed by atoms with Crippen LogP contribution in [-0.4, -0.2) is 23.0 Å². The van der Waals surface area contributed by atoms with Crippen molar-refractivity contribution in [2.75, 3.05) is 13.2 Å². The van der Waals surface area contributed by atoms with Crippen LogP contribution in [0.1, 0.15) is 31.1 Å². The summed E-state index contributed by atoms with van der Waals surface area (Å²) in [6.45, 7) is 5.06. The topological polar surface area (TPSA) is 62.3 Å². The molecule has 6 heteroatoms. The van der Waals surface area contributed by atoms with Gasteiger partial charge in [-0.15, -0.1) is 0 Å². The van der Waals surface area contributed by atoms with Gasteiger partial charge in [-0.1, -0.05) is 6.07 Å². The van der Waals surface area contributed by atoms with Crippen LogP contribution in [0.25, 0.3) is 0 Å². The molecular weight excluding hydrogens is 334 g/mol. The van der Waals surface area contributed by atoms with E-state index in [2.05, 4.69) is 21.0 Å². The van der Waals surface area contributed by atoms with E-state index in [-0.39, 0.29) is 6.04 Å². The zero-order valence-electron chi connectivity index (χ0n) is 12.5. The van der Waals surface area contributed by atoms with Crippen molar-refractivity contribution in [3.8, 4) is 11.5 Å². The average Bonchev–Trinajstić information content (AvgIpc) is 2.80. The molecular formula is C15H20BrN3O2. The van der Waals surface area contributed by atoms with Crippen molar-refractivity contribution >= 4 is 15.9 Å². The molecule has 0 saturated carbocycles. The summed E-state index contributed by atoms with van der Waals surface area (Å²) < 4.78 is 13.9. The van der Waals surface area contributed by atoms with E-state index in [0.717, 1.165) is 21.5 Å². The molecule has 0 aliphatic carbocycles. The third-order valence-corrected chi connectivity index (χ3v) is 3.77. The third kappa shape index (κ3) is 3.39. The van der Waals surface area contributed by atoms with Crippen LogP contribution in [0.3, 0.4) is 0 Å². The number of aromatic nitrogens is 2. The van der Waals surface area contributed by atoms with Crippen molar-refractivity contribution in [2.45, 2.75) is 19.9 Å². The van der Waals surface area contributed by atoms with Gasteiger partial charge in [-0.25, -0.2) is 0 Å². The van der Waals surface area contributed by atoms with Crippen molar-refractivity contribution in [1.82, 2.24) is 9.78 Å². The molecule has 2 rings (SSSR count). The van der Waals surface area contributed by atoms with Gasteiger partial charge in [-0.3, -0.25) is 4.68 Å². The number of hydrogen-bond acceptors (Lipinski definition) is 4. The Morgan fingerprint density at radius 2 is 1.90 bits per heavy atom. The third-order valence-electron chi connectivity index (χ3n) is 3.16. The lowest BCUT2D eigenvalue weighted by atomic mass is 10.0. The Labute approximate surface area is 133 Å². The van der Waals surface area contributed by atoms with E-state index < -0.39 is 0 Å². The summed E-state index contributed by atoms with van der Waals surface area (Å²) in [6.07, 6.45) is 1.74. The molecule has 0 aliphatic heterocycles. The SMILES string of the molecule is CCOc1ccc(C(N)c2c(Br)cnn2C)cc1OCC. The lowest BCUT2D eigenvalue weighted by Crippen LogP contribution is -2.16. The Morgan fingerprint density at radius 1 is 1.24 bits per heavy atom. The summed E-state index contributed by atoms with van der Waals surface area (Å²) >= 11 is 3.48. The summed E-state index contributed by atoms with van der Waals surface area (Å²) in [7, 11) is 1.87. The van der Waals surface area contributed by atoms with Crippen molar-refractivity contribution in [3.05, 3.63) is 40.1 Å². The first-order chi connectivity index (χ1) is 10.1. The van der Waals surface area contributed by atoms with Gasteiger partial charge in [0, 0.05) is 7.05 Å². The summed E-state index contributed by atoms with van der Waals surface area (Å²) in [5.41, 5.74) is 8.23. The van der Waals surface area contributed by atoms with E-state index in [4.69, 9.17) is 15.2 Å². The minimum atomic E-state index is -0.290. The minimum absolute atomic E-state index is 0.290. The smallest absolute Gasteiger partial charge is 0.161 e. The molecule has 2 N–H and O–H groups in total. The number of rotatable bonds is 6. The van der Waals surface area contributed by atoms with Crippen LogP contribution in [-0.2, 0) is 7.05 Å². The van der Waals surface area contributed by atoms with Gasteiger partial charge < -0.3 is 15.2 Å². The minimum Gasteiger partial charge on any atom is -0.490 e. The first-order valence-electron chi connectivity index (χ1n) is 6.91. The van der Waals surface area contributed by atoms with Crippen LogP contribution in [0.2, 0.25) is 0 Å². The molecule has 0 spiro atoms. The molecule has 1 aromatic heterocycles. The zero-order valence-corrected chi connectivity index (χ0v) is 14.1. The van der Waals surface area contributed by atoms with Gasteiger partial charge in [-0.2, -0.15) is 5.10 Å². The van der Waals surface area contributed by atoms with Gasteiger partial charge in [0.05, 0.1) is 35.6 Å². The second-order valence-corrected chi connectivity index (χ2v) is 5.41. The summed E-state index contributed by atoms with van der Waals surface area (Å²) in [6, 6.07) is 5.49. The van der Waals surface area contributed by atoms with Gasteiger partial charge in [-0.05, 0) is 47.5 Å². The molecule has 1 unspecified atom stereocenters. The van der Waals surface area contributed by atoms with Gasteiger partial charge in [0.15, 0.2) is 11.5 Å². The van der Waals surface area contributed by atoms with Crippen LogP contribution in [0, 0.1) is 0 Å². The first kappa shape index (κ1) is 15.9. The van der Waals surface area contributed by atoms with Gasteiger partial charge in [0.25, 0.3) is 0 Å². The standard InChI is InChI=1S/C15H20BrN3O2/c1-4-20-12-7-6-10(8-13(12)21-5-2)14(17)15-11(16)9-18-19(15)3/h6-9,14H,4-5,17H2,1-3H3. The molecule has 1 aromatic carbocycles. The molecule has 0 fully saturated rings. The first-order valence-corrected chi connectivity index (χ1v) is 7.70. The van der Waals surface area contributed by atoms with E-state index in [9.17, 15) is 0 Å². The molecule has 21 heavy (non-hydrogen) atoms. The van der Waals surface area contributed by atoms with Crippen LogP contribution in [0.5, 0.6) is 11.5 Å². The molecule has 1 heterocycles. The summed E-state index contributed by atoms with van der Waals surface area (Å²) in [5.74, 6) is 1.45. The van der Waals surface area contributed by atoms with E-state index >= 15 is 0 Å². The van der Waals surface area contributed by atoms with Crippen molar-refractivity contribution in [1.29, 1.82) is 0 Å². The predicted molar refractivity (Wildman–Crippen MR) is 85.7 cm³/mol. The van der Waals surface area contributed by atoms with Crippen LogP contribution in [0.4, 0.5) is 0 Å². The highest BCUT2D eigenvalue weighted by Gasteiger charge is 2.18. The van der Waals surface area contributed by atoms with Gasteiger partial charge in [0.2, 0.25) is 0 Å². The van der Waals surface area contributed by atoms with E-state index in [1.165, 1.54) is 0 Å². The van der Waals surface area contributed by atoms with Crippen LogP contribution < -0.4 is 15.2 Å². The van der Waals surface area contributed by atoms with Crippen molar-refractivity contribution in [2.24, 2.45) is 12.8 Å². The zero-order chi connectivity index (χ0) is 15.4. The highest BCUT2D eigenvalue weighted by molar-refractivity contribution is 9.10. The Morgan fingerprint density at radius 3 is 2.48 bits per heavy atom. The van der Waals surface area contributed by atoms with Gasteiger partial charge in [0.1, 0.15) is 0 Å².